The average molecular weight is 698 g/mol. The second-order valence-electron chi connectivity index (χ2n) is 15.1. The summed E-state index contributed by atoms with van der Waals surface area (Å²) in [5.74, 6) is -2.23. The summed E-state index contributed by atoms with van der Waals surface area (Å²) in [4.78, 5) is 58.5. The molecular weight excluding hydrogens is 646 g/mol. The van der Waals surface area contributed by atoms with Crippen LogP contribution in [-0.2, 0) is 48.7 Å². The number of nitrogens with one attached hydrogen (secondary N) is 3. The van der Waals surface area contributed by atoms with Crippen LogP contribution in [0.3, 0.4) is 0 Å². The number of rotatable bonds is 7. The van der Waals surface area contributed by atoms with E-state index in [1.54, 1.807) is 4.90 Å². The zero-order valence-electron chi connectivity index (χ0n) is 28.9. The minimum absolute atomic E-state index is 0.0219. The topological polar surface area (TPSA) is 154 Å². The first kappa shape index (κ1) is 35.4. The monoisotopic (exact) mass is 697 g/mol. The van der Waals surface area contributed by atoms with Crippen LogP contribution in [0.25, 0.3) is 0 Å². The first-order chi connectivity index (χ1) is 23.3. The molecule has 0 spiro atoms. The van der Waals surface area contributed by atoms with Crippen LogP contribution in [0.1, 0.15) is 95.2 Å². The number of hydrogen-bond donors (Lipinski definition) is 3. The smallest absolute Gasteiger partial charge is 0.410 e. The first-order valence-electron chi connectivity index (χ1n) is 17.9. The molecule has 5 aliphatic rings. The van der Waals surface area contributed by atoms with E-state index >= 15 is 0 Å². The molecular formula is C36H51N5O7S. The van der Waals surface area contributed by atoms with Crippen molar-refractivity contribution in [1.29, 1.82) is 0 Å². The van der Waals surface area contributed by atoms with Gasteiger partial charge in [0.1, 0.15) is 17.7 Å². The lowest BCUT2D eigenvalue weighted by atomic mass is 9.97. The van der Waals surface area contributed by atoms with Crippen molar-refractivity contribution in [3.05, 3.63) is 47.5 Å². The number of hydrogen-bond acceptors (Lipinski definition) is 8. The van der Waals surface area contributed by atoms with Crippen LogP contribution in [0.2, 0.25) is 0 Å². The van der Waals surface area contributed by atoms with E-state index in [0.717, 1.165) is 44.1 Å². The van der Waals surface area contributed by atoms with E-state index in [1.165, 1.54) is 22.1 Å². The second kappa shape index (κ2) is 14.0. The molecule has 2 saturated carbocycles. The zero-order valence-corrected chi connectivity index (χ0v) is 29.7. The van der Waals surface area contributed by atoms with Crippen molar-refractivity contribution < 1.29 is 32.3 Å². The molecule has 4 amide bonds. The third kappa shape index (κ3) is 7.52. The number of ether oxygens (including phenoxy) is 1. The van der Waals surface area contributed by atoms with E-state index in [2.05, 4.69) is 34.9 Å². The molecule has 1 aromatic rings. The number of amides is 4. The molecule has 2 aliphatic carbocycles. The molecule has 268 valence electrons. The molecule has 4 bridgehead atoms. The number of aryl methyl sites for hydroxylation is 1. The minimum atomic E-state index is -3.85. The normalized spacial score (nSPS) is 31.0. The molecule has 3 fully saturated rings. The van der Waals surface area contributed by atoms with Crippen molar-refractivity contribution in [2.75, 3.05) is 6.54 Å². The van der Waals surface area contributed by atoms with Crippen LogP contribution in [0.4, 0.5) is 4.79 Å². The number of sulfonamides is 1. The average Bonchev–Trinajstić information content (AvgIpc) is 3.95. The summed E-state index contributed by atoms with van der Waals surface area (Å²) >= 11 is 0. The van der Waals surface area contributed by atoms with Gasteiger partial charge in [0.25, 0.3) is 5.91 Å². The van der Waals surface area contributed by atoms with Crippen molar-refractivity contribution in [1.82, 2.24) is 25.2 Å². The largest absolute Gasteiger partial charge is 0.444 e. The van der Waals surface area contributed by atoms with Gasteiger partial charge in [0.05, 0.1) is 17.8 Å². The van der Waals surface area contributed by atoms with Crippen molar-refractivity contribution in [2.45, 2.75) is 133 Å². The number of fused-ring (bicyclic) bond motifs is 3. The lowest BCUT2D eigenvalue weighted by molar-refractivity contribution is -0.142. The van der Waals surface area contributed by atoms with Gasteiger partial charge < -0.3 is 20.3 Å². The molecule has 0 unspecified atom stereocenters. The highest BCUT2D eigenvalue weighted by molar-refractivity contribution is 7.91. The Balaban J connectivity index is 1.25. The molecule has 13 heteroatoms. The Hall–Kier alpha value is -3.45. The maximum atomic E-state index is 14.3. The highest BCUT2D eigenvalue weighted by Crippen LogP contribution is 2.45. The van der Waals surface area contributed by atoms with Gasteiger partial charge in [-0.05, 0) is 68.1 Å². The van der Waals surface area contributed by atoms with Crippen molar-refractivity contribution in [3.8, 4) is 0 Å². The molecule has 6 rings (SSSR count). The van der Waals surface area contributed by atoms with Crippen LogP contribution in [0, 0.1) is 11.8 Å². The van der Waals surface area contributed by atoms with E-state index in [-0.39, 0.29) is 37.3 Å². The number of nitrogens with zero attached hydrogens (tertiary/aromatic N) is 2. The second-order valence-corrected chi connectivity index (χ2v) is 17.0. The van der Waals surface area contributed by atoms with Gasteiger partial charge in [-0.15, -0.1) is 6.58 Å². The Morgan fingerprint density at radius 2 is 1.82 bits per heavy atom. The van der Waals surface area contributed by atoms with E-state index < -0.39 is 62.8 Å². The van der Waals surface area contributed by atoms with E-state index in [0.29, 0.717) is 25.9 Å². The van der Waals surface area contributed by atoms with Gasteiger partial charge in [-0.1, -0.05) is 57.4 Å². The van der Waals surface area contributed by atoms with Crippen molar-refractivity contribution in [3.63, 3.8) is 0 Å². The Labute approximate surface area is 289 Å². The summed E-state index contributed by atoms with van der Waals surface area (Å²) < 4.78 is 33.5. The third-order valence-corrected chi connectivity index (χ3v) is 12.8. The van der Waals surface area contributed by atoms with E-state index in [1.807, 2.05) is 26.0 Å². The Bertz CT molecular complexity index is 1590. The van der Waals surface area contributed by atoms with Gasteiger partial charge in [-0.25, -0.2) is 13.2 Å². The van der Waals surface area contributed by atoms with Crippen LogP contribution >= 0.6 is 0 Å². The first-order valence-corrected chi connectivity index (χ1v) is 19.5. The zero-order chi connectivity index (χ0) is 35.1. The SMILES string of the molecule is C=C[C@@H]1C[C@]1(NC(=O)[C@@H]1C[C@@H]2CN1C(=O)[C@H](C(C)C)N[C@@H](C)CCCCCCc1cccc3c1CN(C3)C(=O)O2)C(=O)NS(=O)(=O)C1CC1. The molecule has 0 radical (unpaired) electrons. The van der Waals surface area contributed by atoms with Gasteiger partial charge in [-0.3, -0.25) is 24.0 Å². The van der Waals surface area contributed by atoms with Crippen LogP contribution < -0.4 is 15.4 Å². The van der Waals surface area contributed by atoms with Crippen molar-refractivity contribution in [2.24, 2.45) is 11.8 Å². The van der Waals surface area contributed by atoms with Gasteiger partial charge in [0, 0.05) is 31.5 Å². The van der Waals surface area contributed by atoms with Gasteiger partial charge in [0.2, 0.25) is 21.8 Å². The van der Waals surface area contributed by atoms with E-state index in [4.69, 9.17) is 4.74 Å². The van der Waals surface area contributed by atoms with E-state index in [9.17, 15) is 27.6 Å². The molecule has 6 atom stereocenters. The summed E-state index contributed by atoms with van der Waals surface area (Å²) in [6.07, 6.45) is 7.63. The fourth-order valence-electron chi connectivity index (χ4n) is 7.70. The Morgan fingerprint density at radius 3 is 2.51 bits per heavy atom. The lowest BCUT2D eigenvalue weighted by Crippen LogP contribution is -2.59. The fraction of sp³-hybridized carbons (Fsp3) is 0.667. The molecule has 3 heterocycles. The standard InChI is InChI=1S/C36H51N5O7S/c1-5-26-18-36(26,34(44)39-49(46,47)28-15-16-28)38-32(42)30-17-27-20-41(30)33(43)31(22(2)3)37-23(4)11-8-6-7-9-12-24-13-10-14-25-19-40(21-29(24)25)35(45)48-27/h5,10,13-14,22-23,26-28,30-31,37H,1,6-9,11-12,15-21H2,2-4H3,(H,38,42)(H,39,44)/t23-,26+,27+,30-,31-,36+/m0/s1. The summed E-state index contributed by atoms with van der Waals surface area (Å²) in [6, 6.07) is 4.67. The van der Waals surface area contributed by atoms with Crippen molar-refractivity contribution >= 4 is 33.8 Å². The van der Waals surface area contributed by atoms with Crippen LogP contribution in [-0.4, -0.2) is 83.6 Å². The summed E-state index contributed by atoms with van der Waals surface area (Å²) in [5.41, 5.74) is 2.05. The van der Waals surface area contributed by atoms with Crippen LogP contribution in [0.5, 0.6) is 0 Å². The highest BCUT2D eigenvalue weighted by atomic mass is 32.2. The third-order valence-electron chi connectivity index (χ3n) is 10.9. The molecule has 49 heavy (non-hydrogen) atoms. The molecule has 3 N–H and O–H groups in total. The predicted molar refractivity (Wildman–Crippen MR) is 183 cm³/mol. The maximum Gasteiger partial charge on any atom is 0.410 e. The summed E-state index contributed by atoms with van der Waals surface area (Å²) in [6.45, 7) is 10.7. The molecule has 1 aromatic carbocycles. The Kier molecular flexibility index (Phi) is 10.1. The molecule has 3 aliphatic heterocycles. The quantitative estimate of drug-likeness (QED) is 0.367. The molecule has 12 nitrogen and oxygen atoms in total. The number of carbonyl (C=O) groups excluding carboxylic acids is 4. The van der Waals surface area contributed by atoms with Gasteiger partial charge in [0.15, 0.2) is 0 Å². The van der Waals surface area contributed by atoms with Crippen LogP contribution in [0.15, 0.2) is 30.9 Å². The van der Waals surface area contributed by atoms with Gasteiger partial charge in [-0.2, -0.15) is 0 Å². The summed E-state index contributed by atoms with van der Waals surface area (Å²) in [7, 11) is -3.85. The van der Waals surface area contributed by atoms with Gasteiger partial charge >= 0.3 is 6.09 Å². The summed E-state index contributed by atoms with van der Waals surface area (Å²) in [5, 5.41) is 5.73. The number of carbonyl (C=O) groups is 4. The number of benzene rings is 1. The molecule has 0 aromatic heterocycles. The molecule has 1 saturated heterocycles. The highest BCUT2D eigenvalue weighted by Gasteiger charge is 2.62. The lowest BCUT2D eigenvalue weighted by Gasteiger charge is -2.33. The maximum absolute atomic E-state index is 14.3. The minimum Gasteiger partial charge on any atom is -0.444 e. The fourth-order valence-corrected chi connectivity index (χ4v) is 9.07. The predicted octanol–water partition coefficient (Wildman–Crippen LogP) is 3.29. The Morgan fingerprint density at radius 1 is 1.08 bits per heavy atom.